The zero-order valence-electron chi connectivity index (χ0n) is 10.9. The molecule has 110 valence electrons. The molecule has 0 unspecified atom stereocenters. The van der Waals surface area contributed by atoms with E-state index < -0.39 is 17.9 Å². The van der Waals surface area contributed by atoms with E-state index >= 15 is 0 Å². The molecule has 1 aliphatic heterocycles. The summed E-state index contributed by atoms with van der Waals surface area (Å²) in [6.45, 7) is 2.04. The highest BCUT2D eigenvalue weighted by atomic mass is 19.3. The Morgan fingerprint density at radius 3 is 2.70 bits per heavy atom. The quantitative estimate of drug-likeness (QED) is 0.853. The first-order valence-corrected chi connectivity index (χ1v) is 6.17. The maximum Gasteiger partial charge on any atom is 0.379 e. The molecule has 5 nitrogen and oxygen atoms in total. The van der Waals surface area contributed by atoms with Gasteiger partial charge in [-0.05, 0) is 24.6 Å². The van der Waals surface area contributed by atoms with Crippen LogP contribution in [-0.4, -0.2) is 31.7 Å². The van der Waals surface area contributed by atoms with Gasteiger partial charge in [0.05, 0.1) is 6.61 Å². The molecule has 1 aliphatic rings. The van der Waals surface area contributed by atoms with Gasteiger partial charge >= 0.3 is 11.9 Å². The van der Waals surface area contributed by atoms with Crippen molar-refractivity contribution < 1.29 is 27.8 Å². The van der Waals surface area contributed by atoms with Gasteiger partial charge in [0.15, 0.2) is 11.5 Å². The highest BCUT2D eigenvalue weighted by molar-refractivity contribution is 5.79. The van der Waals surface area contributed by atoms with E-state index in [1.807, 2.05) is 0 Å². The van der Waals surface area contributed by atoms with Crippen LogP contribution in [0.5, 0.6) is 11.5 Å². The van der Waals surface area contributed by atoms with Crippen molar-refractivity contribution in [2.24, 2.45) is 5.73 Å². The highest BCUT2D eigenvalue weighted by Crippen LogP contribution is 2.36. The van der Waals surface area contributed by atoms with Crippen molar-refractivity contribution in [1.82, 2.24) is 0 Å². The van der Waals surface area contributed by atoms with Crippen LogP contribution in [0.25, 0.3) is 0 Å². The number of esters is 1. The minimum absolute atomic E-state index is 0.0762. The van der Waals surface area contributed by atoms with Crippen LogP contribution in [0.15, 0.2) is 18.2 Å². The predicted octanol–water partition coefficient (Wildman–Crippen LogP) is 1.66. The fourth-order valence-corrected chi connectivity index (χ4v) is 1.82. The van der Waals surface area contributed by atoms with Gasteiger partial charge in [-0.15, -0.1) is 0 Å². The predicted molar refractivity (Wildman–Crippen MR) is 65.9 cm³/mol. The van der Waals surface area contributed by atoms with Crippen LogP contribution >= 0.6 is 0 Å². The number of ether oxygens (including phenoxy) is 3. The zero-order chi connectivity index (χ0) is 14.8. The van der Waals surface area contributed by atoms with Gasteiger partial charge < -0.3 is 19.9 Å². The van der Waals surface area contributed by atoms with Crippen LogP contribution < -0.4 is 15.2 Å². The number of carbonyl (C=O) groups is 1. The van der Waals surface area contributed by atoms with Crippen molar-refractivity contribution in [3.05, 3.63) is 23.8 Å². The molecule has 20 heavy (non-hydrogen) atoms. The highest BCUT2D eigenvalue weighted by Gasteiger charge is 2.48. The van der Waals surface area contributed by atoms with E-state index in [4.69, 9.17) is 15.2 Å². The SMILES string of the molecule is CCOC(=O)C(F)(F)[C@@H](N)c1ccc2c(c1)OCCO2. The first-order valence-electron chi connectivity index (χ1n) is 6.17. The van der Waals surface area contributed by atoms with Crippen molar-refractivity contribution >= 4 is 5.97 Å². The van der Waals surface area contributed by atoms with Gasteiger partial charge in [-0.1, -0.05) is 6.07 Å². The van der Waals surface area contributed by atoms with E-state index in [2.05, 4.69) is 4.74 Å². The lowest BCUT2D eigenvalue weighted by Gasteiger charge is -2.24. The Bertz CT molecular complexity index is 507. The van der Waals surface area contributed by atoms with Crippen molar-refractivity contribution in [1.29, 1.82) is 0 Å². The number of carbonyl (C=O) groups excluding carboxylic acids is 1. The molecule has 0 saturated carbocycles. The van der Waals surface area contributed by atoms with E-state index in [-0.39, 0.29) is 12.2 Å². The summed E-state index contributed by atoms with van der Waals surface area (Å²) in [5, 5.41) is 0. The van der Waals surface area contributed by atoms with E-state index in [9.17, 15) is 13.6 Å². The monoisotopic (exact) mass is 287 g/mol. The molecule has 0 saturated heterocycles. The lowest BCUT2D eigenvalue weighted by atomic mass is 10.0. The molecule has 0 aromatic heterocycles. The lowest BCUT2D eigenvalue weighted by molar-refractivity contribution is -0.174. The molecular formula is C13H15F2NO4. The molecule has 0 fully saturated rings. The van der Waals surface area contributed by atoms with Crippen LogP contribution in [0.4, 0.5) is 8.78 Å². The van der Waals surface area contributed by atoms with Gasteiger partial charge in [-0.25, -0.2) is 4.79 Å². The minimum Gasteiger partial charge on any atom is -0.486 e. The second-order valence-corrected chi connectivity index (χ2v) is 4.22. The summed E-state index contributed by atoms with van der Waals surface area (Å²) in [6.07, 6.45) is 0. The van der Waals surface area contributed by atoms with Crippen LogP contribution in [0, 0.1) is 0 Å². The second-order valence-electron chi connectivity index (χ2n) is 4.22. The first-order chi connectivity index (χ1) is 9.46. The summed E-state index contributed by atoms with van der Waals surface area (Å²) in [5.41, 5.74) is 5.57. The Labute approximate surface area is 114 Å². The molecule has 1 aromatic carbocycles. The van der Waals surface area contributed by atoms with Gasteiger partial charge in [0.2, 0.25) is 0 Å². The largest absolute Gasteiger partial charge is 0.486 e. The van der Waals surface area contributed by atoms with E-state index in [0.717, 1.165) is 0 Å². The maximum atomic E-state index is 13.8. The number of hydrogen-bond donors (Lipinski definition) is 1. The number of halogens is 2. The average molecular weight is 287 g/mol. The first kappa shape index (κ1) is 14.5. The maximum absolute atomic E-state index is 13.8. The van der Waals surface area contributed by atoms with Crippen molar-refractivity contribution in [2.75, 3.05) is 19.8 Å². The Hall–Kier alpha value is -1.89. The van der Waals surface area contributed by atoms with Gasteiger partial charge in [-0.2, -0.15) is 8.78 Å². The zero-order valence-corrected chi connectivity index (χ0v) is 10.9. The molecule has 2 rings (SSSR count). The van der Waals surface area contributed by atoms with E-state index in [1.54, 1.807) is 0 Å². The molecule has 0 amide bonds. The molecule has 7 heteroatoms. The normalized spacial score (nSPS) is 15.6. The number of hydrogen-bond acceptors (Lipinski definition) is 5. The third kappa shape index (κ3) is 2.67. The average Bonchev–Trinajstić information content (AvgIpc) is 2.46. The molecule has 2 N–H and O–H groups in total. The molecule has 0 radical (unpaired) electrons. The summed E-state index contributed by atoms with van der Waals surface area (Å²) in [7, 11) is 0. The number of rotatable bonds is 4. The van der Waals surface area contributed by atoms with E-state index in [0.29, 0.717) is 24.7 Å². The van der Waals surface area contributed by atoms with Gasteiger partial charge in [0.1, 0.15) is 19.3 Å². The minimum atomic E-state index is -3.81. The molecule has 1 aromatic rings. The van der Waals surface area contributed by atoms with Crippen LogP contribution in [0.1, 0.15) is 18.5 Å². The third-order valence-electron chi connectivity index (χ3n) is 2.86. The smallest absolute Gasteiger partial charge is 0.379 e. The molecule has 1 heterocycles. The van der Waals surface area contributed by atoms with Crippen molar-refractivity contribution in [3.8, 4) is 11.5 Å². The Kier molecular flexibility index (Phi) is 4.08. The molecule has 0 bridgehead atoms. The van der Waals surface area contributed by atoms with Crippen molar-refractivity contribution in [3.63, 3.8) is 0 Å². The Morgan fingerprint density at radius 1 is 1.40 bits per heavy atom. The van der Waals surface area contributed by atoms with Gasteiger partial charge in [-0.3, -0.25) is 0 Å². The number of alkyl halides is 2. The van der Waals surface area contributed by atoms with Crippen molar-refractivity contribution in [2.45, 2.75) is 18.9 Å². The van der Waals surface area contributed by atoms with E-state index in [1.165, 1.54) is 25.1 Å². The summed E-state index contributed by atoms with van der Waals surface area (Å²) in [4.78, 5) is 11.3. The van der Waals surface area contributed by atoms with Crippen LogP contribution in [-0.2, 0) is 9.53 Å². The fraction of sp³-hybridized carbons (Fsp3) is 0.462. The summed E-state index contributed by atoms with van der Waals surface area (Å²) in [6, 6.07) is 2.42. The molecular weight excluding hydrogens is 272 g/mol. The molecule has 0 spiro atoms. The number of nitrogens with two attached hydrogens (primary N) is 1. The van der Waals surface area contributed by atoms with Crippen LogP contribution in [0.3, 0.4) is 0 Å². The molecule has 1 atom stereocenters. The van der Waals surface area contributed by atoms with Gasteiger partial charge in [0, 0.05) is 0 Å². The lowest BCUT2D eigenvalue weighted by Crippen LogP contribution is -2.41. The number of benzene rings is 1. The molecule has 0 aliphatic carbocycles. The summed E-state index contributed by atoms with van der Waals surface area (Å²) in [5.74, 6) is -4.64. The van der Waals surface area contributed by atoms with Crippen LogP contribution in [0.2, 0.25) is 0 Å². The Morgan fingerprint density at radius 2 is 2.05 bits per heavy atom. The summed E-state index contributed by atoms with van der Waals surface area (Å²) >= 11 is 0. The topological polar surface area (TPSA) is 70.8 Å². The second kappa shape index (κ2) is 5.62. The van der Waals surface area contributed by atoms with Gasteiger partial charge in [0.25, 0.3) is 0 Å². The number of fused-ring (bicyclic) bond motifs is 1. The standard InChI is InChI=1S/C13H15F2NO4/c1-2-18-12(17)13(14,15)11(16)8-3-4-9-10(7-8)20-6-5-19-9/h3-4,7,11H,2,5-6,16H2,1H3/t11-/m0/s1. The Balaban J connectivity index is 2.24. The summed E-state index contributed by atoms with van der Waals surface area (Å²) < 4.78 is 42.6. The third-order valence-corrected chi connectivity index (χ3v) is 2.86. The fourth-order valence-electron chi connectivity index (χ4n) is 1.82.